The minimum absolute atomic E-state index is 0.229. The molecule has 34 heavy (non-hydrogen) atoms. The number of benzene rings is 2. The number of hydrogen-bond donors (Lipinski definition) is 3. The van der Waals surface area contributed by atoms with Crippen LogP contribution in [0, 0.1) is 0 Å². The SMILES string of the molecule is COc1ccc(CNC(=O)[C@H]2CS[C@](C)(C(=O)NCc3ccc(OC)cc3)N2C(=O)CO)cc1. The maximum atomic E-state index is 13.1. The number of hydrogen-bond acceptors (Lipinski definition) is 7. The number of aliphatic hydroxyl groups is 1. The monoisotopic (exact) mass is 487 g/mol. The highest BCUT2D eigenvalue weighted by atomic mass is 32.2. The number of nitrogens with zero attached hydrogens (tertiary/aromatic N) is 1. The number of amides is 3. The largest absolute Gasteiger partial charge is 0.497 e. The Labute approximate surface area is 202 Å². The first-order valence-corrected chi connectivity index (χ1v) is 11.7. The highest BCUT2D eigenvalue weighted by Crippen LogP contribution is 2.40. The number of carbonyl (C=O) groups excluding carboxylic acids is 3. The Morgan fingerprint density at radius 3 is 1.94 bits per heavy atom. The molecule has 0 saturated carbocycles. The van der Waals surface area contributed by atoms with Crippen LogP contribution in [0.4, 0.5) is 0 Å². The Kier molecular flexibility index (Phi) is 8.41. The molecular weight excluding hydrogens is 458 g/mol. The third kappa shape index (κ3) is 5.63. The second-order valence-corrected chi connectivity index (χ2v) is 9.25. The summed E-state index contributed by atoms with van der Waals surface area (Å²) in [6.07, 6.45) is 0. The summed E-state index contributed by atoms with van der Waals surface area (Å²) in [4.78, 5) is 38.5. The number of thioether (sulfide) groups is 1. The lowest BCUT2D eigenvalue weighted by Gasteiger charge is -2.35. The molecule has 1 fully saturated rings. The zero-order valence-corrected chi connectivity index (χ0v) is 20.2. The molecule has 2 aromatic rings. The summed E-state index contributed by atoms with van der Waals surface area (Å²) < 4.78 is 10.3. The van der Waals surface area contributed by atoms with Gasteiger partial charge in [-0.25, -0.2) is 0 Å². The van der Waals surface area contributed by atoms with Crippen molar-refractivity contribution in [2.45, 2.75) is 30.9 Å². The zero-order chi connectivity index (χ0) is 24.7. The third-order valence-corrected chi connectivity index (χ3v) is 7.09. The van der Waals surface area contributed by atoms with E-state index in [-0.39, 0.29) is 18.8 Å². The van der Waals surface area contributed by atoms with E-state index >= 15 is 0 Å². The van der Waals surface area contributed by atoms with E-state index in [4.69, 9.17) is 9.47 Å². The van der Waals surface area contributed by atoms with E-state index in [9.17, 15) is 19.5 Å². The van der Waals surface area contributed by atoms with E-state index in [0.29, 0.717) is 11.5 Å². The summed E-state index contributed by atoms with van der Waals surface area (Å²) >= 11 is 1.19. The van der Waals surface area contributed by atoms with Gasteiger partial charge in [-0.05, 0) is 42.3 Å². The lowest BCUT2D eigenvalue weighted by Crippen LogP contribution is -2.59. The number of nitrogens with one attached hydrogen (secondary N) is 2. The molecule has 2 aromatic carbocycles. The average molecular weight is 488 g/mol. The van der Waals surface area contributed by atoms with Crippen LogP contribution in [-0.4, -0.2) is 65.2 Å². The van der Waals surface area contributed by atoms with Crippen LogP contribution in [0.1, 0.15) is 18.1 Å². The maximum absolute atomic E-state index is 13.1. The molecule has 1 aliphatic rings. The van der Waals surface area contributed by atoms with Crippen molar-refractivity contribution in [3.8, 4) is 11.5 Å². The minimum atomic E-state index is -1.34. The Morgan fingerprint density at radius 2 is 1.47 bits per heavy atom. The fourth-order valence-electron chi connectivity index (χ4n) is 3.68. The predicted octanol–water partition coefficient (Wildman–Crippen LogP) is 1.29. The molecule has 0 aromatic heterocycles. The van der Waals surface area contributed by atoms with Crippen LogP contribution < -0.4 is 20.1 Å². The van der Waals surface area contributed by atoms with Gasteiger partial charge in [-0.1, -0.05) is 24.3 Å². The molecule has 0 unspecified atom stereocenters. The second-order valence-electron chi connectivity index (χ2n) is 7.83. The highest BCUT2D eigenvalue weighted by molar-refractivity contribution is 8.01. The van der Waals surface area contributed by atoms with Crippen molar-refractivity contribution in [1.29, 1.82) is 0 Å². The lowest BCUT2D eigenvalue weighted by atomic mass is 10.1. The van der Waals surface area contributed by atoms with Gasteiger partial charge in [0.1, 0.15) is 24.1 Å². The lowest BCUT2D eigenvalue weighted by molar-refractivity contribution is -0.149. The quantitative estimate of drug-likeness (QED) is 0.488. The average Bonchev–Trinajstić information content (AvgIpc) is 3.24. The number of aliphatic hydroxyl groups excluding tert-OH is 1. The summed E-state index contributed by atoms with van der Waals surface area (Å²) in [5.74, 6) is 0.149. The summed E-state index contributed by atoms with van der Waals surface area (Å²) in [6, 6.07) is 13.6. The van der Waals surface area contributed by atoms with Gasteiger partial charge in [0, 0.05) is 18.8 Å². The van der Waals surface area contributed by atoms with E-state index in [2.05, 4.69) is 10.6 Å². The van der Waals surface area contributed by atoms with Gasteiger partial charge in [0.05, 0.1) is 14.2 Å². The summed E-state index contributed by atoms with van der Waals surface area (Å²) in [6.45, 7) is 1.29. The molecule has 2 atom stereocenters. The summed E-state index contributed by atoms with van der Waals surface area (Å²) in [7, 11) is 3.15. The fraction of sp³-hybridized carbons (Fsp3) is 0.375. The molecule has 1 heterocycles. The van der Waals surface area contributed by atoms with Crippen molar-refractivity contribution in [3.63, 3.8) is 0 Å². The van der Waals surface area contributed by atoms with Crippen molar-refractivity contribution in [1.82, 2.24) is 15.5 Å². The first-order chi connectivity index (χ1) is 16.3. The molecule has 0 bridgehead atoms. The third-order valence-electron chi connectivity index (χ3n) is 5.66. The Hall–Kier alpha value is -3.24. The van der Waals surface area contributed by atoms with Crippen LogP contribution >= 0.6 is 11.8 Å². The fourth-order valence-corrected chi connectivity index (χ4v) is 5.03. The van der Waals surface area contributed by atoms with E-state index in [1.54, 1.807) is 45.4 Å². The Bertz CT molecular complexity index is 1010. The van der Waals surface area contributed by atoms with Crippen LogP contribution in [0.25, 0.3) is 0 Å². The number of rotatable bonds is 9. The first-order valence-electron chi connectivity index (χ1n) is 10.7. The topological polar surface area (TPSA) is 117 Å². The molecule has 3 amide bonds. The van der Waals surface area contributed by atoms with Gasteiger partial charge in [-0.2, -0.15) is 0 Å². The van der Waals surface area contributed by atoms with Crippen LogP contribution in [0.3, 0.4) is 0 Å². The van der Waals surface area contributed by atoms with E-state index < -0.39 is 35.2 Å². The van der Waals surface area contributed by atoms with Crippen LogP contribution in [-0.2, 0) is 27.5 Å². The highest BCUT2D eigenvalue weighted by Gasteiger charge is 2.53. The maximum Gasteiger partial charge on any atom is 0.256 e. The smallest absolute Gasteiger partial charge is 0.256 e. The van der Waals surface area contributed by atoms with E-state index in [0.717, 1.165) is 11.1 Å². The summed E-state index contributed by atoms with van der Waals surface area (Å²) in [5.41, 5.74) is 1.72. The minimum Gasteiger partial charge on any atom is -0.497 e. The molecule has 1 saturated heterocycles. The molecule has 1 aliphatic heterocycles. The molecule has 0 radical (unpaired) electrons. The van der Waals surface area contributed by atoms with Crippen molar-refractivity contribution in [3.05, 3.63) is 59.7 Å². The van der Waals surface area contributed by atoms with Gasteiger partial charge in [0.25, 0.3) is 11.8 Å². The van der Waals surface area contributed by atoms with Crippen LogP contribution in [0.5, 0.6) is 11.5 Å². The van der Waals surface area contributed by atoms with Crippen molar-refractivity contribution in [2.75, 3.05) is 26.6 Å². The normalized spacial score (nSPS) is 19.4. The van der Waals surface area contributed by atoms with Gasteiger partial charge in [-0.3, -0.25) is 14.4 Å². The molecule has 3 N–H and O–H groups in total. The number of ether oxygens (including phenoxy) is 2. The Balaban J connectivity index is 1.67. The number of methoxy groups -OCH3 is 2. The van der Waals surface area contributed by atoms with Gasteiger partial charge >= 0.3 is 0 Å². The van der Waals surface area contributed by atoms with Crippen molar-refractivity contribution in [2.24, 2.45) is 0 Å². The van der Waals surface area contributed by atoms with E-state index in [1.165, 1.54) is 16.7 Å². The summed E-state index contributed by atoms with van der Waals surface area (Å²) in [5, 5.41) is 15.2. The molecular formula is C24H29N3O6S. The standard InChI is InChI=1S/C24H29N3O6S/c1-24(23(31)26-13-17-6-10-19(33-3)11-7-17)27(21(29)14-28)20(15-34-24)22(30)25-12-16-4-8-18(32-2)9-5-16/h4-11,20,28H,12-15H2,1-3H3,(H,25,30)(H,26,31)/t20-,24-/m1/s1. The molecule has 3 rings (SSSR count). The zero-order valence-electron chi connectivity index (χ0n) is 19.4. The first kappa shape index (κ1) is 25.4. The van der Waals surface area contributed by atoms with Crippen molar-refractivity contribution < 1.29 is 29.0 Å². The van der Waals surface area contributed by atoms with Gasteiger partial charge in [-0.15, -0.1) is 11.8 Å². The Morgan fingerprint density at radius 1 is 0.971 bits per heavy atom. The predicted molar refractivity (Wildman–Crippen MR) is 128 cm³/mol. The number of carbonyl (C=O) groups is 3. The van der Waals surface area contributed by atoms with Gasteiger partial charge in [0.2, 0.25) is 5.91 Å². The molecule has 10 heteroatoms. The van der Waals surface area contributed by atoms with Crippen LogP contribution in [0.15, 0.2) is 48.5 Å². The molecule has 0 spiro atoms. The van der Waals surface area contributed by atoms with Crippen molar-refractivity contribution >= 4 is 29.5 Å². The van der Waals surface area contributed by atoms with Gasteiger partial charge in [0.15, 0.2) is 4.87 Å². The van der Waals surface area contributed by atoms with E-state index in [1.807, 2.05) is 24.3 Å². The van der Waals surface area contributed by atoms with Crippen LogP contribution in [0.2, 0.25) is 0 Å². The molecule has 0 aliphatic carbocycles. The second kappa shape index (κ2) is 11.3. The molecule has 182 valence electrons. The van der Waals surface area contributed by atoms with Gasteiger partial charge < -0.3 is 30.1 Å². The molecule has 9 nitrogen and oxygen atoms in total.